The van der Waals surface area contributed by atoms with Crippen molar-refractivity contribution in [3.8, 4) is 6.07 Å². The Bertz CT molecular complexity index is 623. The van der Waals surface area contributed by atoms with Gasteiger partial charge in [-0.1, -0.05) is 83.2 Å². The van der Waals surface area contributed by atoms with Crippen LogP contribution in [0, 0.1) is 17.2 Å². The summed E-state index contributed by atoms with van der Waals surface area (Å²) in [4.78, 5) is 14.0. The van der Waals surface area contributed by atoms with Gasteiger partial charge in [0.2, 0.25) is 0 Å². The van der Waals surface area contributed by atoms with Crippen LogP contribution >= 0.6 is 0 Å². The van der Waals surface area contributed by atoms with Gasteiger partial charge < -0.3 is 10.2 Å². The van der Waals surface area contributed by atoms with E-state index in [1.165, 1.54) is 12.8 Å². The van der Waals surface area contributed by atoms with Crippen molar-refractivity contribution in [2.45, 2.75) is 90.0 Å². The third-order valence-corrected chi connectivity index (χ3v) is 5.92. The first-order valence-corrected chi connectivity index (χ1v) is 11.4. The van der Waals surface area contributed by atoms with Gasteiger partial charge in [0.25, 0.3) is 0 Å². The van der Waals surface area contributed by atoms with Crippen LogP contribution in [0.4, 0.5) is 4.79 Å². The number of nitriles is 1. The number of nitrogens with zero attached hydrogens (tertiary/aromatic N) is 2. The first kappa shape index (κ1) is 25.0. The minimum Gasteiger partial charge on any atom is -0.335 e. The molecule has 4 heteroatoms. The van der Waals surface area contributed by atoms with Crippen molar-refractivity contribution in [1.82, 2.24) is 10.2 Å². The molecule has 0 spiro atoms. The Hall–Kier alpha value is -2.02. The van der Waals surface area contributed by atoms with Gasteiger partial charge in [0.05, 0.1) is 11.5 Å². The van der Waals surface area contributed by atoms with Gasteiger partial charge in [0, 0.05) is 20.1 Å². The molecule has 0 saturated heterocycles. The quantitative estimate of drug-likeness (QED) is 0.397. The van der Waals surface area contributed by atoms with Crippen molar-refractivity contribution < 1.29 is 4.79 Å². The van der Waals surface area contributed by atoms with E-state index in [0.29, 0.717) is 12.3 Å². The number of carbonyl (C=O) groups is 1. The van der Waals surface area contributed by atoms with Gasteiger partial charge in [-0.25, -0.2) is 4.79 Å². The molecule has 0 aliphatic heterocycles. The van der Waals surface area contributed by atoms with Gasteiger partial charge >= 0.3 is 6.03 Å². The molecule has 0 heterocycles. The molecule has 3 unspecified atom stereocenters. The molecule has 4 nitrogen and oxygen atoms in total. The highest BCUT2D eigenvalue weighted by Crippen LogP contribution is 2.42. The maximum Gasteiger partial charge on any atom is 0.317 e. The lowest BCUT2D eigenvalue weighted by Crippen LogP contribution is -2.47. The molecule has 0 bridgehead atoms. The number of carbonyl (C=O) groups excluding carboxylic acids is 1. The Labute approximate surface area is 178 Å². The van der Waals surface area contributed by atoms with E-state index in [2.05, 4.69) is 44.3 Å². The van der Waals surface area contributed by atoms with Gasteiger partial charge in [-0.2, -0.15) is 5.26 Å². The highest BCUT2D eigenvalue weighted by atomic mass is 16.2. The molecule has 0 aliphatic rings. The van der Waals surface area contributed by atoms with Gasteiger partial charge in [0.1, 0.15) is 0 Å². The van der Waals surface area contributed by atoms with Crippen LogP contribution in [0.25, 0.3) is 0 Å². The SMILES string of the molecule is CCCCCC(CCC)C(C#N)(CC(CCC)NC(=O)N(C)C)c1ccccc1. The Morgan fingerprint density at radius 1 is 1.03 bits per heavy atom. The zero-order valence-corrected chi connectivity index (χ0v) is 19.2. The number of benzene rings is 1. The van der Waals surface area contributed by atoms with E-state index < -0.39 is 5.41 Å². The van der Waals surface area contributed by atoms with E-state index in [4.69, 9.17) is 0 Å². The molecule has 2 amide bonds. The summed E-state index contributed by atoms with van der Waals surface area (Å²) in [5, 5.41) is 13.7. The second kappa shape index (κ2) is 13.2. The summed E-state index contributed by atoms with van der Waals surface area (Å²) in [5.74, 6) is 0.294. The van der Waals surface area contributed by atoms with Crippen LogP contribution < -0.4 is 5.32 Å². The maximum atomic E-state index is 12.4. The molecule has 0 aliphatic carbocycles. The highest BCUT2D eigenvalue weighted by Gasteiger charge is 2.42. The summed E-state index contributed by atoms with van der Waals surface area (Å²) in [5.41, 5.74) is 0.516. The lowest BCUT2D eigenvalue weighted by Gasteiger charge is -2.39. The predicted molar refractivity (Wildman–Crippen MR) is 122 cm³/mol. The Balaban J connectivity index is 3.32. The van der Waals surface area contributed by atoms with Gasteiger partial charge in [-0.3, -0.25) is 0 Å². The monoisotopic (exact) mass is 399 g/mol. The van der Waals surface area contributed by atoms with Gasteiger partial charge in [0.15, 0.2) is 0 Å². The normalized spacial score (nSPS) is 15.0. The van der Waals surface area contributed by atoms with Crippen LogP contribution in [0.5, 0.6) is 0 Å². The minimum atomic E-state index is -0.579. The summed E-state index contributed by atoms with van der Waals surface area (Å²) >= 11 is 0. The highest BCUT2D eigenvalue weighted by molar-refractivity contribution is 5.73. The van der Waals surface area contributed by atoms with Crippen molar-refractivity contribution in [2.24, 2.45) is 5.92 Å². The summed E-state index contributed by atoms with van der Waals surface area (Å²) < 4.78 is 0. The molecule has 3 atom stereocenters. The summed E-state index contributed by atoms with van der Waals surface area (Å²) in [7, 11) is 3.52. The van der Waals surface area contributed by atoms with Crippen molar-refractivity contribution in [1.29, 1.82) is 5.26 Å². The van der Waals surface area contributed by atoms with Crippen molar-refractivity contribution in [2.75, 3.05) is 14.1 Å². The molecule has 1 rings (SSSR count). The fourth-order valence-electron chi connectivity index (χ4n) is 4.35. The number of rotatable bonds is 13. The van der Waals surface area contributed by atoms with Crippen molar-refractivity contribution in [3.63, 3.8) is 0 Å². The molecule has 162 valence electrons. The zero-order valence-electron chi connectivity index (χ0n) is 19.2. The van der Waals surface area contributed by atoms with Crippen LogP contribution in [0.2, 0.25) is 0 Å². The van der Waals surface area contributed by atoms with E-state index in [0.717, 1.165) is 44.1 Å². The number of urea groups is 1. The van der Waals surface area contributed by atoms with Crippen LogP contribution in [-0.2, 0) is 5.41 Å². The van der Waals surface area contributed by atoms with Crippen LogP contribution in [0.3, 0.4) is 0 Å². The predicted octanol–water partition coefficient (Wildman–Crippen LogP) is 6.27. The minimum absolute atomic E-state index is 0.0136. The Morgan fingerprint density at radius 2 is 1.69 bits per heavy atom. The lowest BCUT2D eigenvalue weighted by molar-refractivity contribution is 0.201. The lowest BCUT2D eigenvalue weighted by atomic mass is 9.64. The smallest absolute Gasteiger partial charge is 0.317 e. The van der Waals surface area contributed by atoms with Crippen LogP contribution in [0.15, 0.2) is 30.3 Å². The fraction of sp³-hybridized carbons (Fsp3) is 0.680. The molecular formula is C25H41N3O. The average molecular weight is 400 g/mol. The van der Waals surface area contributed by atoms with Gasteiger partial charge in [-0.05, 0) is 37.2 Å². The molecular weight excluding hydrogens is 358 g/mol. The average Bonchev–Trinajstić information content (AvgIpc) is 2.72. The largest absolute Gasteiger partial charge is 0.335 e. The third-order valence-electron chi connectivity index (χ3n) is 5.92. The molecule has 0 aromatic heterocycles. The van der Waals surface area contributed by atoms with E-state index in [1.807, 2.05) is 18.2 Å². The van der Waals surface area contributed by atoms with Crippen molar-refractivity contribution >= 4 is 6.03 Å². The number of hydrogen-bond donors (Lipinski definition) is 1. The zero-order chi connectivity index (χ0) is 21.7. The number of unbranched alkanes of at least 4 members (excludes halogenated alkanes) is 2. The summed E-state index contributed by atoms with van der Waals surface area (Å²) in [6, 6.07) is 12.9. The fourth-order valence-corrected chi connectivity index (χ4v) is 4.35. The molecule has 1 aromatic carbocycles. The molecule has 0 saturated carbocycles. The van der Waals surface area contributed by atoms with E-state index in [-0.39, 0.29) is 12.1 Å². The van der Waals surface area contributed by atoms with E-state index in [1.54, 1.807) is 19.0 Å². The number of nitrogens with one attached hydrogen (secondary N) is 1. The Kier molecular flexibility index (Phi) is 11.4. The molecule has 29 heavy (non-hydrogen) atoms. The summed E-state index contributed by atoms with van der Waals surface area (Å²) in [6.07, 6.45) is 9.21. The second-order valence-corrected chi connectivity index (χ2v) is 8.46. The van der Waals surface area contributed by atoms with E-state index in [9.17, 15) is 10.1 Å². The Morgan fingerprint density at radius 3 is 2.21 bits per heavy atom. The number of amides is 2. The van der Waals surface area contributed by atoms with Crippen molar-refractivity contribution in [3.05, 3.63) is 35.9 Å². The molecule has 0 radical (unpaired) electrons. The summed E-state index contributed by atoms with van der Waals surface area (Å²) in [6.45, 7) is 6.56. The van der Waals surface area contributed by atoms with Gasteiger partial charge in [-0.15, -0.1) is 0 Å². The standard InChI is InChI=1S/C25H41N3O/c1-6-9-11-16-21(14-7-2)25(20-26,22-17-12-10-13-18-22)19-23(15-8-3)27-24(29)28(4)5/h10,12-13,17-18,21,23H,6-9,11,14-16,19H2,1-5H3,(H,27,29). The number of hydrogen-bond acceptors (Lipinski definition) is 2. The molecule has 0 fully saturated rings. The van der Waals surface area contributed by atoms with Crippen LogP contribution in [-0.4, -0.2) is 31.1 Å². The molecule has 1 aromatic rings. The second-order valence-electron chi connectivity index (χ2n) is 8.46. The third kappa shape index (κ3) is 7.38. The first-order valence-electron chi connectivity index (χ1n) is 11.4. The van der Waals surface area contributed by atoms with E-state index >= 15 is 0 Å². The first-order chi connectivity index (χ1) is 13.9. The topological polar surface area (TPSA) is 56.1 Å². The maximum absolute atomic E-state index is 12.4. The molecule has 1 N–H and O–H groups in total. The van der Waals surface area contributed by atoms with Crippen LogP contribution in [0.1, 0.15) is 84.1 Å².